The lowest BCUT2D eigenvalue weighted by Gasteiger charge is -2.17. The van der Waals surface area contributed by atoms with E-state index < -0.39 is 42.6 Å². The molecule has 4 unspecified atom stereocenters. The van der Waals surface area contributed by atoms with E-state index in [0.717, 1.165) is 0 Å². The first-order valence-electron chi connectivity index (χ1n) is 4.91. The van der Waals surface area contributed by atoms with Gasteiger partial charge in [-0.15, -0.1) is 0 Å². The number of hydrogen-bond acceptors (Lipinski definition) is 10. The molecular weight excluding hydrogens is 305 g/mol. The zero-order chi connectivity index (χ0) is 13.7. The summed E-state index contributed by atoms with van der Waals surface area (Å²) in [4.78, 5) is 0. The van der Waals surface area contributed by atoms with Crippen LogP contribution in [0.4, 0.5) is 0 Å². The Morgan fingerprint density at radius 1 is 1.16 bits per heavy atom. The van der Waals surface area contributed by atoms with Crippen LogP contribution in [-0.2, 0) is 53.4 Å². The highest BCUT2D eigenvalue weighted by molar-refractivity contribution is 7.75. The Labute approximate surface area is 113 Å². The highest BCUT2D eigenvalue weighted by atomic mass is 32.2. The van der Waals surface area contributed by atoms with Crippen molar-refractivity contribution >= 4 is 30.0 Å². The molecule has 2 heterocycles. The van der Waals surface area contributed by atoms with Crippen molar-refractivity contribution in [2.45, 2.75) is 12.6 Å². The van der Waals surface area contributed by atoms with E-state index in [0.29, 0.717) is 0 Å². The lowest BCUT2D eigenvalue weighted by atomic mass is 10.2. The molecule has 2 aliphatic rings. The fourth-order valence-electron chi connectivity index (χ4n) is 1.10. The standard InChI is InChI=1S/C6H8BNO9S2/c8-1-2-11-7(14-5-3-12-18(9)16-5)15-6-4-13-19(10)17-6/h5-6H,2-4H2. The van der Waals surface area contributed by atoms with E-state index in [1.54, 1.807) is 6.07 Å². The summed E-state index contributed by atoms with van der Waals surface area (Å²) in [6.45, 7) is -0.495. The average Bonchev–Trinajstić information content (AvgIpc) is 2.95. The molecular formula is C6H8BNO9S2. The van der Waals surface area contributed by atoms with Gasteiger partial charge in [-0.2, -0.15) is 13.7 Å². The van der Waals surface area contributed by atoms with Gasteiger partial charge >= 0.3 is 30.0 Å². The smallest absolute Gasteiger partial charge is 0.372 e. The van der Waals surface area contributed by atoms with Gasteiger partial charge in [0.05, 0.1) is 6.07 Å². The van der Waals surface area contributed by atoms with Crippen LogP contribution in [0.2, 0.25) is 0 Å². The molecule has 0 amide bonds. The molecule has 0 bridgehead atoms. The van der Waals surface area contributed by atoms with Crippen LogP contribution in [0, 0.1) is 11.3 Å². The Morgan fingerprint density at radius 3 is 2.05 bits per heavy atom. The monoisotopic (exact) mass is 313 g/mol. The third kappa shape index (κ3) is 4.87. The fraction of sp³-hybridized carbons (Fsp3) is 0.833. The van der Waals surface area contributed by atoms with Gasteiger partial charge in [0.1, 0.15) is 19.8 Å². The van der Waals surface area contributed by atoms with Gasteiger partial charge in [0, 0.05) is 0 Å². The normalized spacial score (nSPS) is 34.3. The van der Waals surface area contributed by atoms with Crippen molar-refractivity contribution < 1.29 is 39.1 Å². The molecule has 0 aromatic heterocycles. The Hall–Kier alpha value is -0.425. The summed E-state index contributed by atoms with van der Waals surface area (Å²) >= 11 is -3.78. The van der Waals surface area contributed by atoms with E-state index in [1.165, 1.54) is 0 Å². The second kappa shape index (κ2) is 7.38. The fourth-order valence-corrected chi connectivity index (χ4v) is 2.20. The van der Waals surface area contributed by atoms with Crippen molar-refractivity contribution in [1.82, 2.24) is 0 Å². The second-order valence-corrected chi connectivity index (χ2v) is 4.73. The van der Waals surface area contributed by atoms with Crippen LogP contribution in [0.3, 0.4) is 0 Å². The van der Waals surface area contributed by atoms with E-state index in [4.69, 9.17) is 27.6 Å². The van der Waals surface area contributed by atoms with Crippen LogP contribution < -0.4 is 0 Å². The SMILES string of the molecule is N#CCOB(OC1COS(=O)O1)OC1COS(=O)O1. The minimum Gasteiger partial charge on any atom is -0.372 e. The Morgan fingerprint density at radius 2 is 1.68 bits per heavy atom. The molecule has 0 radical (unpaired) electrons. The maximum absolute atomic E-state index is 10.8. The Bertz CT molecular complexity index is 375. The largest absolute Gasteiger partial charge is 0.644 e. The summed E-state index contributed by atoms with van der Waals surface area (Å²) < 4.78 is 55.4. The van der Waals surface area contributed by atoms with Crippen LogP contribution in [0.15, 0.2) is 0 Å². The minimum atomic E-state index is -1.89. The first-order chi connectivity index (χ1) is 9.17. The zero-order valence-electron chi connectivity index (χ0n) is 9.29. The van der Waals surface area contributed by atoms with E-state index in [2.05, 4.69) is 8.37 Å². The van der Waals surface area contributed by atoms with E-state index in [9.17, 15) is 8.42 Å². The molecule has 0 aliphatic carbocycles. The minimum absolute atomic E-state index is 0.0870. The van der Waals surface area contributed by atoms with Crippen molar-refractivity contribution in [3.8, 4) is 6.07 Å². The van der Waals surface area contributed by atoms with Crippen LogP contribution in [-0.4, -0.2) is 48.1 Å². The quantitative estimate of drug-likeness (QED) is 0.532. The van der Waals surface area contributed by atoms with Crippen LogP contribution in [0.25, 0.3) is 0 Å². The van der Waals surface area contributed by atoms with Gasteiger partial charge in [-0.25, -0.2) is 8.37 Å². The summed E-state index contributed by atoms with van der Waals surface area (Å²) in [7, 11) is -1.34. The predicted octanol–water partition coefficient (Wildman–Crippen LogP) is -1.55. The van der Waals surface area contributed by atoms with Crippen LogP contribution in [0.1, 0.15) is 0 Å². The molecule has 106 valence electrons. The summed E-state index contributed by atoms with van der Waals surface area (Å²) in [5.74, 6) is 0. The van der Waals surface area contributed by atoms with Gasteiger partial charge in [-0.05, 0) is 0 Å². The number of nitrogens with zero attached hydrogens (tertiary/aromatic N) is 1. The molecule has 0 saturated carbocycles. The molecule has 2 rings (SSSR count). The molecule has 4 atom stereocenters. The molecule has 2 fully saturated rings. The lowest BCUT2D eigenvalue weighted by molar-refractivity contribution is -0.0721. The van der Waals surface area contributed by atoms with Gasteiger partial charge in [-0.1, -0.05) is 0 Å². The molecule has 2 aliphatic heterocycles. The van der Waals surface area contributed by atoms with Crippen molar-refractivity contribution in [3.63, 3.8) is 0 Å². The van der Waals surface area contributed by atoms with Crippen molar-refractivity contribution in [1.29, 1.82) is 5.26 Å². The van der Waals surface area contributed by atoms with E-state index in [1.807, 2.05) is 0 Å². The Balaban J connectivity index is 1.82. The number of hydrogen-bond donors (Lipinski definition) is 0. The molecule has 0 aromatic rings. The van der Waals surface area contributed by atoms with Crippen molar-refractivity contribution in [3.05, 3.63) is 0 Å². The first kappa shape index (κ1) is 15.0. The summed E-state index contributed by atoms with van der Waals surface area (Å²) in [6.07, 6.45) is -1.95. The van der Waals surface area contributed by atoms with Crippen molar-refractivity contribution in [2.75, 3.05) is 19.8 Å². The highest BCUT2D eigenvalue weighted by Gasteiger charge is 2.37. The number of rotatable bonds is 6. The zero-order valence-corrected chi connectivity index (χ0v) is 10.9. The van der Waals surface area contributed by atoms with Gasteiger partial charge < -0.3 is 14.0 Å². The van der Waals surface area contributed by atoms with Gasteiger partial charge in [0.15, 0.2) is 12.6 Å². The second-order valence-electron chi connectivity index (χ2n) is 3.06. The maximum atomic E-state index is 10.8. The van der Waals surface area contributed by atoms with Gasteiger partial charge in [0.2, 0.25) is 0 Å². The lowest BCUT2D eigenvalue weighted by Crippen LogP contribution is -2.37. The first-order valence-corrected chi connectivity index (χ1v) is 6.91. The predicted molar refractivity (Wildman–Crippen MR) is 57.4 cm³/mol. The highest BCUT2D eigenvalue weighted by Crippen LogP contribution is 2.15. The van der Waals surface area contributed by atoms with Crippen LogP contribution in [0.5, 0.6) is 0 Å². The molecule has 13 heteroatoms. The Kier molecular flexibility index (Phi) is 5.82. The molecule has 10 nitrogen and oxygen atoms in total. The topological polar surface area (TPSA) is 123 Å². The molecule has 0 N–H and O–H groups in total. The maximum Gasteiger partial charge on any atom is 0.644 e. The van der Waals surface area contributed by atoms with Gasteiger partial charge in [-0.3, -0.25) is 8.37 Å². The van der Waals surface area contributed by atoms with E-state index in [-0.39, 0.29) is 19.8 Å². The molecule has 0 aromatic carbocycles. The number of nitriles is 1. The van der Waals surface area contributed by atoms with Crippen LogP contribution >= 0.6 is 0 Å². The summed E-state index contributed by atoms with van der Waals surface area (Å²) in [5.41, 5.74) is 0. The molecule has 0 spiro atoms. The molecule has 19 heavy (non-hydrogen) atoms. The van der Waals surface area contributed by atoms with Crippen molar-refractivity contribution in [2.24, 2.45) is 0 Å². The summed E-state index contributed by atoms with van der Waals surface area (Å²) in [5, 5.41) is 8.43. The van der Waals surface area contributed by atoms with E-state index >= 15 is 0 Å². The van der Waals surface area contributed by atoms with Gasteiger partial charge in [0.25, 0.3) is 0 Å². The third-order valence-electron chi connectivity index (χ3n) is 1.78. The third-order valence-corrected chi connectivity index (χ3v) is 3.18. The molecule has 2 saturated heterocycles. The summed E-state index contributed by atoms with van der Waals surface area (Å²) in [6, 6.07) is 1.72. The average molecular weight is 313 g/mol.